The van der Waals surface area contributed by atoms with Gasteiger partial charge in [-0.1, -0.05) is 36.4 Å². The van der Waals surface area contributed by atoms with Crippen LogP contribution in [0.4, 0.5) is 5.69 Å². The number of nitrogens with zero attached hydrogens (tertiary/aromatic N) is 1. The van der Waals surface area contributed by atoms with Gasteiger partial charge < -0.3 is 19.7 Å². The van der Waals surface area contributed by atoms with Gasteiger partial charge in [0.15, 0.2) is 0 Å². The molecule has 1 N–H and O–H groups in total. The van der Waals surface area contributed by atoms with Crippen LogP contribution in [0, 0.1) is 5.92 Å². The van der Waals surface area contributed by atoms with Crippen molar-refractivity contribution in [3.8, 4) is 5.75 Å². The van der Waals surface area contributed by atoms with Crippen molar-refractivity contribution in [1.29, 1.82) is 0 Å². The maximum atomic E-state index is 12.7. The van der Waals surface area contributed by atoms with Gasteiger partial charge in [-0.2, -0.15) is 0 Å². The SMILES string of the molecule is COCc1ccccc1NC(=O)C1CCN(C(=O)CCOc2ccccc2)CC1. The summed E-state index contributed by atoms with van der Waals surface area (Å²) >= 11 is 0. The number of carbonyl (C=O) groups excluding carboxylic acids is 2. The Morgan fingerprint density at radius 3 is 2.45 bits per heavy atom. The number of para-hydroxylation sites is 2. The minimum atomic E-state index is -0.0878. The molecule has 1 aliphatic heterocycles. The summed E-state index contributed by atoms with van der Waals surface area (Å²) in [6.45, 7) is 2.01. The number of benzene rings is 2. The third-order valence-electron chi connectivity index (χ3n) is 5.12. The van der Waals surface area contributed by atoms with E-state index in [0.29, 0.717) is 45.6 Å². The Morgan fingerprint density at radius 1 is 1.03 bits per heavy atom. The predicted octanol–water partition coefficient (Wildman–Crippen LogP) is 3.48. The van der Waals surface area contributed by atoms with Crippen molar-refractivity contribution >= 4 is 17.5 Å². The predicted molar refractivity (Wildman–Crippen MR) is 112 cm³/mol. The lowest BCUT2D eigenvalue weighted by Gasteiger charge is -2.31. The van der Waals surface area contributed by atoms with Crippen molar-refractivity contribution in [2.24, 2.45) is 5.92 Å². The van der Waals surface area contributed by atoms with E-state index in [0.717, 1.165) is 17.0 Å². The van der Waals surface area contributed by atoms with Gasteiger partial charge in [-0.05, 0) is 31.0 Å². The second-order valence-corrected chi connectivity index (χ2v) is 7.15. The van der Waals surface area contributed by atoms with Crippen molar-refractivity contribution in [2.75, 3.05) is 32.1 Å². The Balaban J connectivity index is 1.42. The molecule has 0 unspecified atom stereocenters. The van der Waals surface area contributed by atoms with Crippen LogP contribution in [0.5, 0.6) is 5.75 Å². The number of amides is 2. The number of rotatable bonds is 8. The topological polar surface area (TPSA) is 67.9 Å². The third-order valence-corrected chi connectivity index (χ3v) is 5.12. The van der Waals surface area contributed by atoms with Gasteiger partial charge in [-0.15, -0.1) is 0 Å². The normalized spacial score (nSPS) is 14.4. The number of carbonyl (C=O) groups is 2. The second-order valence-electron chi connectivity index (χ2n) is 7.15. The molecule has 0 aliphatic carbocycles. The number of ether oxygens (including phenoxy) is 2. The summed E-state index contributed by atoms with van der Waals surface area (Å²) in [7, 11) is 1.64. The first-order valence-electron chi connectivity index (χ1n) is 10.0. The Labute approximate surface area is 171 Å². The number of piperidine rings is 1. The number of hydrogen-bond donors (Lipinski definition) is 1. The molecule has 0 radical (unpaired) electrons. The molecular formula is C23H28N2O4. The van der Waals surface area contributed by atoms with E-state index in [9.17, 15) is 9.59 Å². The van der Waals surface area contributed by atoms with Gasteiger partial charge in [-0.3, -0.25) is 9.59 Å². The van der Waals surface area contributed by atoms with Gasteiger partial charge in [0.05, 0.1) is 19.6 Å². The molecule has 2 aromatic carbocycles. The summed E-state index contributed by atoms with van der Waals surface area (Å²) in [6, 6.07) is 17.1. The zero-order valence-corrected chi connectivity index (χ0v) is 16.8. The summed E-state index contributed by atoms with van der Waals surface area (Å²) in [5.74, 6) is 0.762. The number of anilines is 1. The number of nitrogens with one attached hydrogen (secondary N) is 1. The van der Waals surface area contributed by atoms with Gasteiger partial charge in [0, 0.05) is 37.4 Å². The molecule has 6 heteroatoms. The average molecular weight is 396 g/mol. The minimum Gasteiger partial charge on any atom is -0.493 e. The molecule has 0 saturated carbocycles. The first-order chi connectivity index (χ1) is 14.2. The Bertz CT molecular complexity index is 802. The zero-order chi connectivity index (χ0) is 20.5. The molecule has 2 aromatic rings. The first kappa shape index (κ1) is 20.9. The molecule has 29 heavy (non-hydrogen) atoms. The lowest BCUT2D eigenvalue weighted by molar-refractivity contribution is -0.135. The summed E-state index contributed by atoms with van der Waals surface area (Å²) in [5.41, 5.74) is 1.74. The molecule has 1 aliphatic rings. The minimum absolute atomic E-state index is 0.00747. The monoisotopic (exact) mass is 396 g/mol. The van der Waals surface area contributed by atoms with E-state index in [1.807, 2.05) is 59.5 Å². The lowest BCUT2D eigenvalue weighted by atomic mass is 9.95. The van der Waals surface area contributed by atoms with Crippen LogP contribution >= 0.6 is 0 Å². The number of methoxy groups -OCH3 is 1. The van der Waals surface area contributed by atoms with Gasteiger partial charge in [0.25, 0.3) is 0 Å². The average Bonchev–Trinajstić information content (AvgIpc) is 2.76. The largest absolute Gasteiger partial charge is 0.493 e. The first-order valence-corrected chi connectivity index (χ1v) is 10.0. The van der Waals surface area contributed by atoms with Crippen LogP contribution in [-0.2, 0) is 20.9 Å². The molecule has 0 bridgehead atoms. The van der Waals surface area contributed by atoms with Gasteiger partial charge in [0.1, 0.15) is 5.75 Å². The number of likely N-dealkylation sites (tertiary alicyclic amines) is 1. The van der Waals surface area contributed by atoms with Crippen LogP contribution in [-0.4, -0.2) is 43.5 Å². The van der Waals surface area contributed by atoms with Crippen LogP contribution < -0.4 is 10.1 Å². The second kappa shape index (κ2) is 10.6. The van der Waals surface area contributed by atoms with Gasteiger partial charge >= 0.3 is 0 Å². The highest BCUT2D eigenvalue weighted by Crippen LogP contribution is 2.22. The highest BCUT2D eigenvalue weighted by molar-refractivity contribution is 5.93. The third kappa shape index (κ3) is 6.06. The van der Waals surface area contributed by atoms with Crippen molar-refractivity contribution < 1.29 is 19.1 Å². The van der Waals surface area contributed by atoms with E-state index < -0.39 is 0 Å². The fraction of sp³-hybridized carbons (Fsp3) is 0.391. The lowest BCUT2D eigenvalue weighted by Crippen LogP contribution is -2.41. The van der Waals surface area contributed by atoms with Crippen LogP contribution in [0.1, 0.15) is 24.8 Å². The standard InChI is InChI=1S/C23H28N2O4/c1-28-17-19-7-5-6-10-21(19)24-23(27)18-11-14-25(15-12-18)22(26)13-16-29-20-8-3-2-4-9-20/h2-10,18H,11-17H2,1H3,(H,24,27). The molecule has 6 nitrogen and oxygen atoms in total. The van der Waals surface area contributed by atoms with E-state index in [1.54, 1.807) is 7.11 Å². The molecule has 0 spiro atoms. The van der Waals surface area contributed by atoms with Crippen LogP contribution in [0.15, 0.2) is 54.6 Å². The Hall–Kier alpha value is -2.86. The van der Waals surface area contributed by atoms with Crippen molar-refractivity contribution in [3.63, 3.8) is 0 Å². The molecule has 0 aromatic heterocycles. The van der Waals surface area contributed by atoms with Crippen LogP contribution in [0.2, 0.25) is 0 Å². The Morgan fingerprint density at radius 2 is 1.72 bits per heavy atom. The maximum Gasteiger partial charge on any atom is 0.227 e. The van der Waals surface area contributed by atoms with Crippen molar-refractivity contribution in [2.45, 2.75) is 25.9 Å². The van der Waals surface area contributed by atoms with E-state index in [4.69, 9.17) is 9.47 Å². The van der Waals surface area contributed by atoms with E-state index in [1.165, 1.54) is 0 Å². The molecule has 3 rings (SSSR count). The highest BCUT2D eigenvalue weighted by atomic mass is 16.5. The fourth-order valence-corrected chi connectivity index (χ4v) is 3.48. The molecule has 154 valence electrons. The maximum absolute atomic E-state index is 12.7. The smallest absolute Gasteiger partial charge is 0.227 e. The van der Waals surface area contributed by atoms with Crippen LogP contribution in [0.3, 0.4) is 0 Å². The van der Waals surface area contributed by atoms with E-state index in [2.05, 4.69) is 5.32 Å². The van der Waals surface area contributed by atoms with E-state index in [-0.39, 0.29) is 17.7 Å². The molecule has 2 amide bonds. The summed E-state index contributed by atoms with van der Waals surface area (Å²) < 4.78 is 10.8. The molecular weight excluding hydrogens is 368 g/mol. The summed E-state index contributed by atoms with van der Waals surface area (Å²) in [6.07, 6.45) is 1.68. The summed E-state index contributed by atoms with van der Waals surface area (Å²) in [4.78, 5) is 26.9. The number of hydrogen-bond acceptors (Lipinski definition) is 4. The summed E-state index contributed by atoms with van der Waals surface area (Å²) in [5, 5.41) is 3.02. The quantitative estimate of drug-likeness (QED) is 0.742. The highest BCUT2D eigenvalue weighted by Gasteiger charge is 2.27. The van der Waals surface area contributed by atoms with Gasteiger partial charge in [-0.25, -0.2) is 0 Å². The van der Waals surface area contributed by atoms with E-state index >= 15 is 0 Å². The molecule has 0 atom stereocenters. The van der Waals surface area contributed by atoms with Crippen LogP contribution in [0.25, 0.3) is 0 Å². The van der Waals surface area contributed by atoms with Gasteiger partial charge in [0.2, 0.25) is 11.8 Å². The zero-order valence-electron chi connectivity index (χ0n) is 16.8. The van der Waals surface area contributed by atoms with Crippen molar-refractivity contribution in [3.05, 3.63) is 60.2 Å². The molecule has 1 saturated heterocycles. The fourth-order valence-electron chi connectivity index (χ4n) is 3.48. The Kier molecular flexibility index (Phi) is 7.64. The molecule has 1 fully saturated rings. The van der Waals surface area contributed by atoms with Crippen molar-refractivity contribution in [1.82, 2.24) is 4.90 Å². The molecule has 1 heterocycles.